The van der Waals surface area contributed by atoms with Gasteiger partial charge in [-0.2, -0.15) is 0 Å². The van der Waals surface area contributed by atoms with Gasteiger partial charge in [-0.1, -0.05) is 51.4 Å². The molecule has 1 aliphatic rings. The largest absolute Gasteiger partial charge is 0.399 e. The highest BCUT2D eigenvalue weighted by atomic mass is 35.5. The van der Waals surface area contributed by atoms with Crippen molar-refractivity contribution in [1.29, 1.82) is 0 Å². The van der Waals surface area contributed by atoms with Crippen LogP contribution in [-0.2, 0) is 4.79 Å². The summed E-state index contributed by atoms with van der Waals surface area (Å²) in [5.74, 6) is 0.0294. The summed E-state index contributed by atoms with van der Waals surface area (Å²) in [5.41, 5.74) is 7.96. The molecule has 1 heterocycles. The number of nitrogens with two attached hydrogens (primary N) is 1. The number of benzene rings is 2. The second kappa shape index (κ2) is 9.31. The number of likely N-dealkylation sites (tertiary alicyclic amines) is 1. The molecule has 0 bridgehead atoms. The minimum atomic E-state index is -0.576. The van der Waals surface area contributed by atoms with E-state index in [1.54, 1.807) is 24.3 Å². The molecule has 0 spiro atoms. The Bertz CT molecular complexity index is 923. The Morgan fingerprint density at radius 2 is 1.71 bits per heavy atom. The van der Waals surface area contributed by atoms with Crippen LogP contribution in [0.4, 0.5) is 5.69 Å². The van der Waals surface area contributed by atoms with E-state index in [1.807, 2.05) is 30.9 Å². The van der Waals surface area contributed by atoms with Crippen molar-refractivity contribution in [3.8, 4) is 0 Å². The first-order valence-corrected chi connectivity index (χ1v) is 11.2. The minimum Gasteiger partial charge on any atom is -0.399 e. The van der Waals surface area contributed by atoms with Crippen LogP contribution < -0.4 is 11.1 Å². The molecule has 5 nitrogen and oxygen atoms in total. The van der Waals surface area contributed by atoms with Gasteiger partial charge in [0.15, 0.2) is 0 Å². The zero-order valence-corrected chi connectivity index (χ0v) is 19.4. The number of nitrogen functional groups attached to an aromatic ring is 1. The lowest BCUT2D eigenvalue weighted by molar-refractivity contribution is -0.137. The van der Waals surface area contributed by atoms with Gasteiger partial charge < -0.3 is 16.0 Å². The van der Waals surface area contributed by atoms with Gasteiger partial charge in [0.05, 0.1) is 0 Å². The molecule has 1 aliphatic heterocycles. The van der Waals surface area contributed by atoms with Crippen molar-refractivity contribution in [2.75, 3.05) is 18.8 Å². The van der Waals surface area contributed by atoms with Crippen LogP contribution in [-0.4, -0.2) is 35.8 Å². The quantitative estimate of drug-likeness (QED) is 0.659. The summed E-state index contributed by atoms with van der Waals surface area (Å²) >= 11 is 6.05. The topological polar surface area (TPSA) is 75.4 Å². The highest BCUT2D eigenvalue weighted by Crippen LogP contribution is 2.42. The Labute approximate surface area is 190 Å². The molecule has 1 saturated heterocycles. The van der Waals surface area contributed by atoms with Gasteiger partial charge in [-0.3, -0.25) is 9.59 Å². The lowest BCUT2D eigenvalue weighted by Gasteiger charge is -2.45. The molecule has 0 aliphatic carbocycles. The third-order valence-corrected chi connectivity index (χ3v) is 6.46. The number of nitrogens with zero attached hydrogens (tertiary/aromatic N) is 1. The summed E-state index contributed by atoms with van der Waals surface area (Å²) in [7, 11) is 0. The van der Waals surface area contributed by atoms with Crippen LogP contribution in [0.1, 0.15) is 56.0 Å². The van der Waals surface area contributed by atoms with Crippen molar-refractivity contribution >= 4 is 29.1 Å². The number of carbonyl (C=O) groups is 2. The van der Waals surface area contributed by atoms with Gasteiger partial charge in [0.1, 0.15) is 6.04 Å². The second-order valence-corrected chi connectivity index (χ2v) is 9.89. The molecule has 6 heteroatoms. The number of nitrogens with one attached hydrogen (secondary N) is 1. The van der Waals surface area contributed by atoms with E-state index in [-0.39, 0.29) is 23.1 Å². The summed E-state index contributed by atoms with van der Waals surface area (Å²) in [5, 5.41) is 3.67. The van der Waals surface area contributed by atoms with E-state index in [0.29, 0.717) is 30.3 Å². The summed E-state index contributed by atoms with van der Waals surface area (Å²) < 4.78 is 0. The molecule has 1 fully saturated rings. The van der Waals surface area contributed by atoms with Crippen LogP contribution in [0.2, 0.25) is 5.02 Å². The Morgan fingerprint density at radius 1 is 1.10 bits per heavy atom. The van der Waals surface area contributed by atoms with Crippen molar-refractivity contribution in [2.24, 2.45) is 11.3 Å². The Balaban J connectivity index is 1.72. The summed E-state index contributed by atoms with van der Waals surface area (Å²) in [6, 6.07) is 14.1. The smallest absolute Gasteiger partial charge is 0.251 e. The molecule has 3 N–H and O–H groups in total. The zero-order valence-electron chi connectivity index (χ0n) is 18.7. The number of halogens is 1. The summed E-state index contributed by atoms with van der Waals surface area (Å²) in [6.07, 6.45) is 0.872. The molecular weight excluding hydrogens is 410 g/mol. The molecule has 2 aromatic carbocycles. The third-order valence-electron chi connectivity index (χ3n) is 6.21. The van der Waals surface area contributed by atoms with Gasteiger partial charge >= 0.3 is 0 Å². The first kappa shape index (κ1) is 23.1. The van der Waals surface area contributed by atoms with Crippen molar-refractivity contribution in [1.82, 2.24) is 10.2 Å². The molecule has 2 amide bonds. The van der Waals surface area contributed by atoms with Crippen LogP contribution in [0.25, 0.3) is 0 Å². The highest BCUT2D eigenvalue weighted by molar-refractivity contribution is 6.30. The van der Waals surface area contributed by atoms with Crippen molar-refractivity contribution in [3.63, 3.8) is 0 Å². The zero-order chi connectivity index (χ0) is 22.8. The first-order valence-electron chi connectivity index (χ1n) is 10.8. The maximum Gasteiger partial charge on any atom is 0.251 e. The third kappa shape index (κ3) is 5.40. The fourth-order valence-electron chi connectivity index (χ4n) is 4.43. The fraction of sp³-hybridized carbons (Fsp3) is 0.440. The van der Waals surface area contributed by atoms with Gasteiger partial charge in [-0.25, -0.2) is 0 Å². The van der Waals surface area contributed by atoms with Crippen LogP contribution in [0, 0.1) is 11.3 Å². The molecule has 0 saturated carbocycles. The maximum atomic E-state index is 13.4. The van der Waals surface area contributed by atoms with E-state index >= 15 is 0 Å². The minimum absolute atomic E-state index is 0.0256. The Morgan fingerprint density at radius 3 is 2.26 bits per heavy atom. The number of hydrogen-bond donors (Lipinski definition) is 2. The summed E-state index contributed by atoms with van der Waals surface area (Å²) in [4.78, 5) is 28.0. The molecule has 31 heavy (non-hydrogen) atoms. The predicted molar refractivity (Wildman–Crippen MR) is 126 cm³/mol. The van der Waals surface area contributed by atoms with E-state index in [2.05, 4.69) is 31.3 Å². The maximum absolute atomic E-state index is 13.4. The van der Waals surface area contributed by atoms with E-state index < -0.39 is 6.04 Å². The number of rotatable bonds is 5. The Hall–Kier alpha value is -2.53. The van der Waals surface area contributed by atoms with Crippen LogP contribution >= 0.6 is 11.6 Å². The van der Waals surface area contributed by atoms with E-state index in [9.17, 15) is 9.59 Å². The lowest BCUT2D eigenvalue weighted by atomic mass is 9.70. The van der Waals surface area contributed by atoms with Gasteiger partial charge in [0.2, 0.25) is 5.91 Å². The van der Waals surface area contributed by atoms with Crippen molar-refractivity contribution in [3.05, 3.63) is 64.7 Å². The number of amides is 2. The predicted octanol–water partition coefficient (Wildman–Crippen LogP) is 4.72. The SMILES string of the molecule is CC(C)[C@@H](NC(=O)c1ccc(N)cc1)C(=O)N1CC[C@H](c2ccc(Cl)cc2)C(C)(C)C1. The number of anilines is 1. The molecule has 166 valence electrons. The lowest BCUT2D eigenvalue weighted by Crippen LogP contribution is -2.55. The molecule has 3 rings (SSSR count). The number of carbonyl (C=O) groups excluding carboxylic acids is 2. The van der Waals surface area contributed by atoms with Crippen molar-refractivity contribution in [2.45, 2.75) is 46.1 Å². The number of hydrogen-bond acceptors (Lipinski definition) is 3. The summed E-state index contributed by atoms with van der Waals surface area (Å²) in [6.45, 7) is 9.61. The van der Waals surface area contributed by atoms with Gasteiger partial charge in [-0.05, 0) is 65.6 Å². The molecule has 0 aromatic heterocycles. The van der Waals surface area contributed by atoms with Gasteiger partial charge in [0, 0.05) is 29.4 Å². The number of piperidine rings is 1. The molecular formula is C25H32ClN3O2. The van der Waals surface area contributed by atoms with E-state index in [0.717, 1.165) is 11.4 Å². The second-order valence-electron chi connectivity index (χ2n) is 9.46. The monoisotopic (exact) mass is 441 g/mol. The Kier molecular flexibility index (Phi) is 6.95. The van der Waals surface area contributed by atoms with Crippen LogP contribution in [0.5, 0.6) is 0 Å². The van der Waals surface area contributed by atoms with Crippen LogP contribution in [0.3, 0.4) is 0 Å². The van der Waals surface area contributed by atoms with Crippen LogP contribution in [0.15, 0.2) is 48.5 Å². The first-order chi connectivity index (χ1) is 14.6. The fourth-order valence-corrected chi connectivity index (χ4v) is 4.55. The van der Waals surface area contributed by atoms with Crippen molar-refractivity contribution < 1.29 is 9.59 Å². The van der Waals surface area contributed by atoms with Gasteiger partial charge in [-0.15, -0.1) is 0 Å². The molecule has 2 atom stereocenters. The standard InChI is InChI=1S/C25H32ClN3O2/c1-16(2)22(28-23(30)18-7-11-20(27)12-8-18)24(31)29-14-13-21(25(3,4)15-29)17-5-9-19(26)10-6-17/h5-12,16,21-22H,13-15,27H2,1-4H3,(H,28,30)/t21-,22-/m1/s1. The highest BCUT2D eigenvalue weighted by Gasteiger charge is 2.40. The molecule has 0 unspecified atom stereocenters. The molecule has 2 aromatic rings. The van der Waals surface area contributed by atoms with Gasteiger partial charge in [0.25, 0.3) is 5.91 Å². The average molecular weight is 442 g/mol. The normalized spacial score (nSPS) is 19.2. The van der Waals surface area contributed by atoms with E-state index in [1.165, 1.54) is 5.56 Å². The van der Waals surface area contributed by atoms with E-state index in [4.69, 9.17) is 17.3 Å². The average Bonchev–Trinajstić information content (AvgIpc) is 2.72. The molecule has 0 radical (unpaired) electrons.